The van der Waals surface area contributed by atoms with Gasteiger partial charge in [0.1, 0.15) is 0 Å². The molecule has 2 aromatic rings. The highest BCUT2D eigenvalue weighted by Crippen LogP contribution is 2.19. The highest BCUT2D eigenvalue weighted by molar-refractivity contribution is 7.12. The first-order chi connectivity index (χ1) is 8.59. The van der Waals surface area contributed by atoms with Crippen molar-refractivity contribution in [2.75, 3.05) is 12.8 Å². The van der Waals surface area contributed by atoms with Gasteiger partial charge in [0.2, 0.25) is 0 Å². The molecular formula is C14H16N2OS. The molecule has 0 radical (unpaired) electrons. The van der Waals surface area contributed by atoms with Gasteiger partial charge in [-0.3, -0.25) is 4.79 Å². The zero-order valence-corrected chi connectivity index (χ0v) is 11.3. The lowest BCUT2D eigenvalue weighted by atomic mass is 10.1. The number of hydrogen-bond donors (Lipinski definition) is 1. The fourth-order valence-electron chi connectivity index (χ4n) is 1.77. The fraction of sp³-hybridized carbons (Fsp3) is 0.214. The third-order valence-electron chi connectivity index (χ3n) is 2.87. The molecule has 4 heteroatoms. The molecule has 0 aliphatic carbocycles. The first kappa shape index (κ1) is 12.6. The summed E-state index contributed by atoms with van der Waals surface area (Å²) in [5.41, 5.74) is 8.60. The van der Waals surface area contributed by atoms with Gasteiger partial charge in [-0.1, -0.05) is 18.2 Å². The van der Waals surface area contributed by atoms with E-state index in [-0.39, 0.29) is 5.91 Å². The standard InChI is InChI=1S/C14H16N2OS/c1-10-7-8-18-13(10)14(17)16(2)9-11-5-3-4-6-12(11)15/h3-8H,9,15H2,1-2H3. The van der Waals surface area contributed by atoms with Gasteiger partial charge in [0.25, 0.3) is 5.91 Å². The Hall–Kier alpha value is -1.81. The van der Waals surface area contributed by atoms with E-state index in [4.69, 9.17) is 5.73 Å². The Morgan fingerprint density at radius 3 is 2.67 bits per heavy atom. The van der Waals surface area contributed by atoms with Gasteiger partial charge in [-0.15, -0.1) is 11.3 Å². The number of nitrogen functional groups attached to an aromatic ring is 1. The summed E-state index contributed by atoms with van der Waals surface area (Å²) < 4.78 is 0. The summed E-state index contributed by atoms with van der Waals surface area (Å²) in [4.78, 5) is 14.7. The van der Waals surface area contributed by atoms with Crippen LogP contribution in [0.1, 0.15) is 20.8 Å². The lowest BCUT2D eigenvalue weighted by Crippen LogP contribution is -2.26. The van der Waals surface area contributed by atoms with Crippen molar-refractivity contribution in [3.8, 4) is 0 Å². The van der Waals surface area contributed by atoms with Crippen molar-refractivity contribution >= 4 is 22.9 Å². The number of carbonyl (C=O) groups is 1. The number of amides is 1. The number of para-hydroxylation sites is 1. The van der Waals surface area contributed by atoms with E-state index in [1.807, 2.05) is 42.6 Å². The molecule has 1 amide bonds. The number of benzene rings is 1. The summed E-state index contributed by atoms with van der Waals surface area (Å²) in [7, 11) is 1.80. The van der Waals surface area contributed by atoms with Crippen LogP contribution in [0.5, 0.6) is 0 Å². The number of nitrogens with zero attached hydrogens (tertiary/aromatic N) is 1. The zero-order valence-electron chi connectivity index (χ0n) is 10.5. The first-order valence-electron chi connectivity index (χ1n) is 5.72. The SMILES string of the molecule is Cc1ccsc1C(=O)N(C)Cc1ccccc1N. The zero-order chi connectivity index (χ0) is 13.1. The minimum Gasteiger partial charge on any atom is -0.398 e. The fourth-order valence-corrected chi connectivity index (χ4v) is 2.69. The van der Waals surface area contributed by atoms with Crippen molar-refractivity contribution in [1.29, 1.82) is 0 Å². The molecular weight excluding hydrogens is 244 g/mol. The van der Waals surface area contributed by atoms with Crippen LogP contribution < -0.4 is 5.73 Å². The number of thiophene rings is 1. The number of aryl methyl sites for hydroxylation is 1. The number of nitrogens with two attached hydrogens (primary N) is 1. The Balaban J connectivity index is 2.14. The smallest absolute Gasteiger partial charge is 0.264 e. The van der Waals surface area contributed by atoms with Crippen LogP contribution >= 0.6 is 11.3 Å². The van der Waals surface area contributed by atoms with Crippen molar-refractivity contribution in [2.24, 2.45) is 0 Å². The van der Waals surface area contributed by atoms with Crippen molar-refractivity contribution in [3.05, 3.63) is 51.7 Å². The maximum absolute atomic E-state index is 12.2. The molecule has 18 heavy (non-hydrogen) atoms. The topological polar surface area (TPSA) is 46.3 Å². The van der Waals surface area contributed by atoms with Crippen LogP contribution in [0, 0.1) is 6.92 Å². The van der Waals surface area contributed by atoms with E-state index in [1.165, 1.54) is 11.3 Å². The van der Waals surface area contributed by atoms with Crippen LogP contribution in [0.15, 0.2) is 35.7 Å². The minimum atomic E-state index is 0.0470. The largest absolute Gasteiger partial charge is 0.398 e. The summed E-state index contributed by atoms with van der Waals surface area (Å²) in [6.07, 6.45) is 0. The van der Waals surface area contributed by atoms with Crippen molar-refractivity contribution < 1.29 is 4.79 Å². The molecule has 0 bridgehead atoms. The summed E-state index contributed by atoms with van der Waals surface area (Å²) in [6.45, 7) is 2.48. The molecule has 0 saturated heterocycles. The van der Waals surface area contributed by atoms with E-state index < -0.39 is 0 Å². The second kappa shape index (κ2) is 5.23. The average molecular weight is 260 g/mol. The Kier molecular flexibility index (Phi) is 3.67. The summed E-state index contributed by atoms with van der Waals surface area (Å²) in [6, 6.07) is 9.58. The third kappa shape index (κ3) is 2.54. The first-order valence-corrected chi connectivity index (χ1v) is 6.60. The molecule has 0 aliphatic heterocycles. The van der Waals surface area contributed by atoms with E-state index in [0.717, 1.165) is 21.7 Å². The van der Waals surface area contributed by atoms with Crippen molar-refractivity contribution in [2.45, 2.75) is 13.5 Å². The highest BCUT2D eigenvalue weighted by Gasteiger charge is 2.16. The maximum Gasteiger partial charge on any atom is 0.264 e. The van der Waals surface area contributed by atoms with Crippen LogP contribution in [0.25, 0.3) is 0 Å². The normalized spacial score (nSPS) is 10.3. The third-order valence-corrected chi connectivity index (χ3v) is 3.87. The van der Waals surface area contributed by atoms with Gasteiger partial charge in [0, 0.05) is 19.3 Å². The molecule has 94 valence electrons. The minimum absolute atomic E-state index is 0.0470. The molecule has 0 atom stereocenters. The van der Waals surface area contributed by atoms with Crippen LogP contribution in [0.4, 0.5) is 5.69 Å². The van der Waals surface area contributed by atoms with Gasteiger partial charge in [-0.25, -0.2) is 0 Å². The lowest BCUT2D eigenvalue weighted by Gasteiger charge is -2.18. The van der Waals surface area contributed by atoms with E-state index in [1.54, 1.807) is 11.9 Å². The monoisotopic (exact) mass is 260 g/mol. The van der Waals surface area contributed by atoms with Gasteiger partial charge < -0.3 is 10.6 Å². The van der Waals surface area contributed by atoms with Crippen LogP contribution in [0.3, 0.4) is 0 Å². The second-order valence-corrected chi connectivity index (χ2v) is 5.21. The number of anilines is 1. The van der Waals surface area contributed by atoms with Crippen molar-refractivity contribution in [1.82, 2.24) is 4.90 Å². The van der Waals surface area contributed by atoms with E-state index in [9.17, 15) is 4.79 Å². The summed E-state index contributed by atoms with van der Waals surface area (Å²) in [5.74, 6) is 0.0470. The molecule has 2 rings (SSSR count). The predicted octanol–water partition coefficient (Wildman–Crippen LogP) is 2.91. The molecule has 1 aromatic carbocycles. The second-order valence-electron chi connectivity index (χ2n) is 4.29. The van der Waals surface area contributed by atoms with Crippen molar-refractivity contribution in [3.63, 3.8) is 0 Å². The van der Waals surface area contributed by atoms with E-state index in [2.05, 4.69) is 0 Å². The maximum atomic E-state index is 12.2. The molecule has 1 heterocycles. The molecule has 2 N–H and O–H groups in total. The van der Waals surface area contributed by atoms with Crippen LogP contribution in [-0.4, -0.2) is 17.9 Å². The summed E-state index contributed by atoms with van der Waals surface area (Å²) in [5, 5.41) is 1.94. The Morgan fingerprint density at radius 1 is 1.33 bits per heavy atom. The van der Waals surface area contributed by atoms with Gasteiger partial charge in [0.15, 0.2) is 0 Å². The van der Waals surface area contributed by atoms with Gasteiger partial charge in [0.05, 0.1) is 4.88 Å². The Morgan fingerprint density at radius 2 is 2.06 bits per heavy atom. The van der Waals surface area contributed by atoms with E-state index >= 15 is 0 Å². The summed E-state index contributed by atoms with van der Waals surface area (Å²) >= 11 is 1.48. The number of carbonyl (C=O) groups excluding carboxylic acids is 1. The number of rotatable bonds is 3. The highest BCUT2D eigenvalue weighted by atomic mass is 32.1. The molecule has 0 saturated carbocycles. The molecule has 3 nitrogen and oxygen atoms in total. The lowest BCUT2D eigenvalue weighted by molar-refractivity contribution is 0.0789. The predicted molar refractivity (Wildman–Crippen MR) is 75.7 cm³/mol. The molecule has 1 aromatic heterocycles. The quantitative estimate of drug-likeness (QED) is 0.862. The Labute approximate surface area is 111 Å². The molecule has 0 spiro atoms. The van der Waals surface area contributed by atoms with Gasteiger partial charge in [-0.05, 0) is 35.6 Å². The Bertz CT molecular complexity index is 562. The van der Waals surface area contributed by atoms with Gasteiger partial charge >= 0.3 is 0 Å². The number of hydrogen-bond acceptors (Lipinski definition) is 3. The average Bonchev–Trinajstić information content (AvgIpc) is 2.77. The van der Waals surface area contributed by atoms with E-state index in [0.29, 0.717) is 6.54 Å². The van der Waals surface area contributed by atoms with Gasteiger partial charge in [-0.2, -0.15) is 0 Å². The van der Waals surface area contributed by atoms with Crippen LogP contribution in [-0.2, 0) is 6.54 Å². The molecule has 0 fully saturated rings. The molecule has 0 unspecified atom stereocenters. The van der Waals surface area contributed by atoms with Crippen LogP contribution in [0.2, 0.25) is 0 Å². The molecule has 0 aliphatic rings.